The second-order valence-corrected chi connectivity index (χ2v) is 2.31. The van der Waals surface area contributed by atoms with E-state index in [-0.39, 0.29) is 5.97 Å². The van der Waals surface area contributed by atoms with Crippen LogP contribution in [0.1, 0.15) is 13.8 Å². The highest BCUT2D eigenvalue weighted by molar-refractivity contribution is 5.71. The molecule has 0 bridgehead atoms. The standard InChI is InChI=1S/C9H15NO2/c1-4-6-7-10(5-2)8-9(11)12-3/h5,7-8H2,1-3H3. The molecule has 0 saturated carbocycles. The smallest absolute Gasteiger partial charge is 0.319 e. The van der Waals surface area contributed by atoms with Crippen LogP contribution in [0.25, 0.3) is 0 Å². The largest absolute Gasteiger partial charge is 0.468 e. The van der Waals surface area contributed by atoms with Crippen molar-refractivity contribution >= 4 is 5.97 Å². The van der Waals surface area contributed by atoms with Gasteiger partial charge in [-0.05, 0) is 13.5 Å². The molecule has 3 heteroatoms. The predicted molar refractivity (Wildman–Crippen MR) is 47.6 cm³/mol. The van der Waals surface area contributed by atoms with Crippen LogP contribution in [0, 0.1) is 11.8 Å². The zero-order valence-corrected chi connectivity index (χ0v) is 7.89. The van der Waals surface area contributed by atoms with Crippen LogP contribution < -0.4 is 0 Å². The Balaban J connectivity index is 3.79. The molecule has 0 amide bonds. The molecule has 0 fully saturated rings. The molecule has 0 spiro atoms. The lowest BCUT2D eigenvalue weighted by molar-refractivity contribution is -0.141. The van der Waals surface area contributed by atoms with Gasteiger partial charge in [-0.15, -0.1) is 5.92 Å². The molecule has 0 aliphatic rings. The van der Waals surface area contributed by atoms with Gasteiger partial charge in [-0.25, -0.2) is 0 Å². The van der Waals surface area contributed by atoms with E-state index < -0.39 is 0 Å². The van der Waals surface area contributed by atoms with Gasteiger partial charge in [-0.1, -0.05) is 12.8 Å². The van der Waals surface area contributed by atoms with Gasteiger partial charge in [-0.3, -0.25) is 9.69 Å². The summed E-state index contributed by atoms with van der Waals surface area (Å²) in [5.74, 6) is 5.46. The first-order valence-corrected chi connectivity index (χ1v) is 3.93. The molecule has 0 N–H and O–H groups in total. The molecule has 0 atom stereocenters. The predicted octanol–water partition coefficient (Wildman–Crippen LogP) is 0.505. The number of rotatable bonds is 4. The fourth-order valence-corrected chi connectivity index (χ4v) is 0.717. The highest BCUT2D eigenvalue weighted by Gasteiger charge is 2.06. The van der Waals surface area contributed by atoms with Crippen molar-refractivity contribution in [2.75, 3.05) is 26.7 Å². The molecule has 0 aromatic carbocycles. The number of ether oxygens (including phenoxy) is 1. The number of hydrogen-bond acceptors (Lipinski definition) is 3. The normalized spacial score (nSPS) is 9.00. The van der Waals surface area contributed by atoms with Crippen LogP contribution >= 0.6 is 0 Å². The van der Waals surface area contributed by atoms with Crippen molar-refractivity contribution in [3.05, 3.63) is 0 Å². The van der Waals surface area contributed by atoms with E-state index in [2.05, 4.69) is 16.6 Å². The van der Waals surface area contributed by atoms with Crippen LogP contribution in [-0.4, -0.2) is 37.6 Å². The van der Waals surface area contributed by atoms with Gasteiger partial charge in [0.15, 0.2) is 0 Å². The number of carbonyl (C=O) groups excluding carboxylic acids is 1. The van der Waals surface area contributed by atoms with E-state index in [9.17, 15) is 4.79 Å². The van der Waals surface area contributed by atoms with Crippen molar-refractivity contribution in [3.8, 4) is 11.8 Å². The van der Waals surface area contributed by atoms with E-state index in [0.717, 1.165) is 6.54 Å². The van der Waals surface area contributed by atoms with Crippen molar-refractivity contribution in [2.45, 2.75) is 13.8 Å². The molecule has 12 heavy (non-hydrogen) atoms. The summed E-state index contributed by atoms with van der Waals surface area (Å²) < 4.78 is 4.53. The third kappa shape index (κ3) is 4.75. The summed E-state index contributed by atoms with van der Waals surface area (Å²) >= 11 is 0. The number of hydrogen-bond donors (Lipinski definition) is 0. The van der Waals surface area contributed by atoms with Gasteiger partial charge in [0.2, 0.25) is 0 Å². The fraction of sp³-hybridized carbons (Fsp3) is 0.667. The van der Waals surface area contributed by atoms with E-state index in [4.69, 9.17) is 0 Å². The summed E-state index contributed by atoms with van der Waals surface area (Å²) in [6, 6.07) is 0. The molecular formula is C9H15NO2. The van der Waals surface area contributed by atoms with E-state index in [1.54, 1.807) is 6.92 Å². The lowest BCUT2D eigenvalue weighted by atomic mass is 10.4. The summed E-state index contributed by atoms with van der Waals surface area (Å²) in [7, 11) is 1.39. The molecule has 0 aromatic heterocycles. The van der Waals surface area contributed by atoms with Crippen LogP contribution in [0.3, 0.4) is 0 Å². The summed E-state index contributed by atoms with van der Waals surface area (Å²) in [6.45, 7) is 5.53. The number of likely N-dealkylation sites (N-methyl/N-ethyl adjacent to an activating group) is 1. The van der Waals surface area contributed by atoms with Crippen molar-refractivity contribution < 1.29 is 9.53 Å². The van der Waals surface area contributed by atoms with Gasteiger partial charge in [-0.2, -0.15) is 0 Å². The maximum absolute atomic E-state index is 10.8. The third-order valence-electron chi connectivity index (χ3n) is 1.51. The maximum atomic E-state index is 10.8. The highest BCUT2D eigenvalue weighted by atomic mass is 16.5. The van der Waals surface area contributed by atoms with E-state index in [1.807, 2.05) is 11.8 Å². The van der Waals surface area contributed by atoms with Gasteiger partial charge in [0, 0.05) is 0 Å². The molecule has 68 valence electrons. The maximum Gasteiger partial charge on any atom is 0.319 e. The number of nitrogens with zero attached hydrogens (tertiary/aromatic N) is 1. The molecule has 0 rings (SSSR count). The van der Waals surface area contributed by atoms with Crippen LogP contribution in [0.5, 0.6) is 0 Å². The summed E-state index contributed by atoms with van der Waals surface area (Å²) in [5, 5.41) is 0. The molecular weight excluding hydrogens is 154 g/mol. The molecule has 0 aliphatic carbocycles. The Morgan fingerprint density at radius 1 is 1.58 bits per heavy atom. The van der Waals surface area contributed by atoms with Crippen LogP contribution in [0.2, 0.25) is 0 Å². The van der Waals surface area contributed by atoms with E-state index in [1.165, 1.54) is 7.11 Å². The minimum Gasteiger partial charge on any atom is -0.468 e. The van der Waals surface area contributed by atoms with Crippen molar-refractivity contribution in [1.29, 1.82) is 0 Å². The molecule has 0 unspecified atom stereocenters. The SMILES string of the molecule is CC#CCN(CC)CC(=O)OC. The molecule has 0 radical (unpaired) electrons. The van der Waals surface area contributed by atoms with Gasteiger partial charge in [0.1, 0.15) is 0 Å². The third-order valence-corrected chi connectivity index (χ3v) is 1.51. The number of methoxy groups -OCH3 is 1. The molecule has 0 heterocycles. The Hall–Kier alpha value is -1.01. The van der Waals surface area contributed by atoms with Gasteiger partial charge >= 0.3 is 5.97 Å². The summed E-state index contributed by atoms with van der Waals surface area (Å²) in [4.78, 5) is 12.8. The first kappa shape index (κ1) is 11.0. The van der Waals surface area contributed by atoms with Crippen molar-refractivity contribution in [1.82, 2.24) is 4.90 Å². The topological polar surface area (TPSA) is 29.5 Å². The second-order valence-electron chi connectivity index (χ2n) is 2.31. The van der Waals surface area contributed by atoms with Gasteiger partial charge in [0.25, 0.3) is 0 Å². The average Bonchev–Trinajstić information content (AvgIpc) is 2.11. The van der Waals surface area contributed by atoms with E-state index >= 15 is 0 Å². The van der Waals surface area contributed by atoms with Crippen molar-refractivity contribution in [2.24, 2.45) is 0 Å². The lowest BCUT2D eigenvalue weighted by Gasteiger charge is -2.14. The van der Waals surface area contributed by atoms with Crippen LogP contribution in [-0.2, 0) is 9.53 Å². The fourth-order valence-electron chi connectivity index (χ4n) is 0.717. The Kier molecular flexibility index (Phi) is 6.12. The summed E-state index contributed by atoms with van der Waals surface area (Å²) in [6.07, 6.45) is 0. The Morgan fingerprint density at radius 3 is 2.67 bits per heavy atom. The first-order valence-electron chi connectivity index (χ1n) is 3.93. The highest BCUT2D eigenvalue weighted by Crippen LogP contribution is 1.87. The first-order chi connectivity index (χ1) is 5.74. The Morgan fingerprint density at radius 2 is 2.25 bits per heavy atom. The molecule has 0 aromatic rings. The average molecular weight is 169 g/mol. The number of esters is 1. The zero-order valence-electron chi connectivity index (χ0n) is 7.89. The Labute approximate surface area is 73.7 Å². The Bertz CT molecular complexity index is 190. The number of carbonyl (C=O) groups is 1. The van der Waals surface area contributed by atoms with Gasteiger partial charge in [0.05, 0.1) is 20.2 Å². The zero-order chi connectivity index (χ0) is 9.40. The molecule has 0 aliphatic heterocycles. The minimum absolute atomic E-state index is 0.213. The second kappa shape index (κ2) is 6.68. The summed E-state index contributed by atoms with van der Waals surface area (Å²) in [5.41, 5.74) is 0. The molecule has 0 saturated heterocycles. The quantitative estimate of drug-likeness (QED) is 0.453. The minimum atomic E-state index is -0.213. The monoisotopic (exact) mass is 169 g/mol. The van der Waals surface area contributed by atoms with E-state index in [0.29, 0.717) is 13.1 Å². The van der Waals surface area contributed by atoms with Crippen molar-refractivity contribution in [3.63, 3.8) is 0 Å². The van der Waals surface area contributed by atoms with Crippen LogP contribution in [0.4, 0.5) is 0 Å². The van der Waals surface area contributed by atoms with Gasteiger partial charge < -0.3 is 4.74 Å². The molecule has 3 nitrogen and oxygen atoms in total. The van der Waals surface area contributed by atoms with Crippen LogP contribution in [0.15, 0.2) is 0 Å². The lowest BCUT2D eigenvalue weighted by Crippen LogP contribution is -2.30.